The third-order valence-electron chi connectivity index (χ3n) is 1.17. The van der Waals surface area contributed by atoms with E-state index in [1.165, 1.54) is 12.1 Å². The first-order valence-electron chi connectivity index (χ1n) is 3.15. The third kappa shape index (κ3) is 3.29. The van der Waals surface area contributed by atoms with Crippen LogP contribution in [0.25, 0.3) is 5.73 Å². The molecule has 6 heteroatoms. The molecule has 0 aliphatic carbocycles. The third-order valence-corrected chi connectivity index (χ3v) is 1.84. The van der Waals surface area contributed by atoms with Crippen molar-refractivity contribution >= 4 is 28.3 Å². The summed E-state index contributed by atoms with van der Waals surface area (Å²) in [5, 5.41) is 0. The Balaban J connectivity index is 2.94. The number of nitrogens with one attached hydrogen (secondary N) is 1. The number of alkyl halides is 3. The van der Waals surface area contributed by atoms with E-state index >= 15 is 0 Å². The first kappa shape index (κ1) is 10.4. The lowest BCUT2D eigenvalue weighted by molar-refractivity contribution is -0.274. The van der Waals surface area contributed by atoms with Gasteiger partial charge in [0.1, 0.15) is 5.75 Å². The van der Waals surface area contributed by atoms with Crippen molar-refractivity contribution in [2.24, 2.45) is 0 Å². The second kappa shape index (κ2) is 3.60. The van der Waals surface area contributed by atoms with Gasteiger partial charge in [0.05, 0.1) is 0 Å². The maximum absolute atomic E-state index is 11.7. The van der Waals surface area contributed by atoms with Gasteiger partial charge in [-0.3, -0.25) is 0 Å². The van der Waals surface area contributed by atoms with Crippen LogP contribution in [0.2, 0.25) is 0 Å². The molecule has 0 radical (unpaired) electrons. The Labute approximate surface area is 86.0 Å². The Kier molecular flexibility index (Phi) is 2.89. The molecule has 0 aliphatic rings. The van der Waals surface area contributed by atoms with E-state index < -0.39 is 12.1 Å². The molecule has 0 saturated carbocycles. The molecule has 1 aromatic rings. The fourth-order valence-electron chi connectivity index (χ4n) is 0.705. The van der Waals surface area contributed by atoms with Crippen LogP contribution in [-0.4, -0.2) is 6.36 Å². The molecule has 0 bridgehead atoms. The van der Waals surface area contributed by atoms with E-state index in [9.17, 15) is 13.2 Å². The maximum atomic E-state index is 11.7. The van der Waals surface area contributed by atoms with Crippen LogP contribution in [0, 0.1) is 3.57 Å². The summed E-state index contributed by atoms with van der Waals surface area (Å²) in [5.74, 6) is -0.473. The summed E-state index contributed by atoms with van der Waals surface area (Å²) in [7, 11) is 0. The van der Waals surface area contributed by atoms with Gasteiger partial charge in [0.2, 0.25) is 0 Å². The van der Waals surface area contributed by atoms with Crippen LogP contribution in [-0.2, 0) is 0 Å². The van der Waals surface area contributed by atoms with Crippen LogP contribution >= 0.6 is 22.6 Å². The summed E-state index contributed by atoms with van der Waals surface area (Å²) in [6, 6.07) is 3.95. The van der Waals surface area contributed by atoms with E-state index in [4.69, 9.17) is 5.73 Å². The monoisotopic (exact) mass is 302 g/mol. The molecule has 0 unspecified atom stereocenters. The highest BCUT2D eigenvalue weighted by molar-refractivity contribution is 14.1. The summed E-state index contributed by atoms with van der Waals surface area (Å²) < 4.78 is 39.4. The van der Waals surface area contributed by atoms with Crippen LogP contribution in [0.3, 0.4) is 0 Å². The van der Waals surface area contributed by atoms with E-state index in [-0.39, 0.29) is 5.69 Å². The summed E-state index contributed by atoms with van der Waals surface area (Å²) in [5.41, 5.74) is 6.84. The zero-order valence-electron chi connectivity index (χ0n) is 6.15. The highest BCUT2D eigenvalue weighted by Crippen LogP contribution is 2.32. The van der Waals surface area contributed by atoms with Crippen molar-refractivity contribution in [2.75, 3.05) is 0 Å². The van der Waals surface area contributed by atoms with Gasteiger partial charge >= 0.3 is 6.36 Å². The molecule has 72 valence electrons. The quantitative estimate of drug-likeness (QED) is 0.725. The summed E-state index contributed by atoms with van der Waals surface area (Å²) in [6.07, 6.45) is -4.74. The predicted molar refractivity (Wildman–Crippen MR) is 49.8 cm³/mol. The molecule has 0 fully saturated rings. The van der Waals surface area contributed by atoms with Crippen molar-refractivity contribution in [1.29, 1.82) is 0 Å². The average molecular weight is 302 g/mol. The molecule has 1 rings (SSSR count). The van der Waals surface area contributed by atoms with Gasteiger partial charge in [-0.15, -0.1) is 13.2 Å². The topological polar surface area (TPSA) is 33.0 Å². The second-order valence-electron chi connectivity index (χ2n) is 2.19. The van der Waals surface area contributed by atoms with Gasteiger partial charge in [0.25, 0.3) is 0 Å². The van der Waals surface area contributed by atoms with Gasteiger partial charge in [0, 0.05) is 3.57 Å². The Hall–Kier alpha value is -0.660. The molecule has 0 aromatic heterocycles. The number of hydrogen-bond acceptors (Lipinski definition) is 1. The van der Waals surface area contributed by atoms with Crippen molar-refractivity contribution in [2.45, 2.75) is 6.36 Å². The SMILES string of the molecule is [NH-]c1ccc(I)cc1OC(F)(F)F. The minimum absolute atomic E-state index is 0.280. The average Bonchev–Trinajstić information content (AvgIpc) is 1.94. The molecule has 2 nitrogen and oxygen atoms in total. The largest absolute Gasteiger partial charge is 0.696 e. The van der Waals surface area contributed by atoms with Crippen LogP contribution in [0.4, 0.5) is 18.9 Å². The van der Waals surface area contributed by atoms with E-state index in [1.807, 2.05) is 22.6 Å². The standard InChI is InChI=1S/C7H4F3INO/c8-7(9,10)13-6-3-4(11)1-2-5(6)12/h1-3,12H/q-1. The van der Waals surface area contributed by atoms with E-state index in [2.05, 4.69) is 4.74 Å². The summed E-state index contributed by atoms with van der Waals surface area (Å²) in [6.45, 7) is 0. The Morgan fingerprint density at radius 1 is 1.31 bits per heavy atom. The molecule has 0 heterocycles. The minimum Gasteiger partial charge on any atom is -0.696 e. The van der Waals surface area contributed by atoms with Gasteiger partial charge in [-0.25, -0.2) is 0 Å². The molecule has 0 spiro atoms. The van der Waals surface area contributed by atoms with E-state index in [1.54, 1.807) is 0 Å². The zero-order chi connectivity index (χ0) is 10.1. The molecule has 0 amide bonds. The van der Waals surface area contributed by atoms with Crippen LogP contribution < -0.4 is 4.74 Å². The van der Waals surface area contributed by atoms with Crippen molar-refractivity contribution in [3.05, 3.63) is 27.5 Å². The fraction of sp³-hybridized carbons (Fsp3) is 0.143. The minimum atomic E-state index is -4.74. The summed E-state index contributed by atoms with van der Waals surface area (Å²) in [4.78, 5) is 0. The normalized spacial score (nSPS) is 11.4. The Morgan fingerprint density at radius 2 is 1.92 bits per heavy atom. The van der Waals surface area contributed by atoms with Crippen molar-refractivity contribution in [1.82, 2.24) is 0 Å². The number of ether oxygens (including phenoxy) is 1. The molecule has 1 aromatic carbocycles. The smallest absolute Gasteiger partial charge is 0.573 e. The highest BCUT2D eigenvalue weighted by Gasteiger charge is 2.31. The van der Waals surface area contributed by atoms with Gasteiger partial charge in [-0.2, -0.15) is 0 Å². The molecule has 0 saturated heterocycles. The first-order chi connectivity index (χ1) is 5.88. The van der Waals surface area contributed by atoms with Gasteiger partial charge < -0.3 is 10.5 Å². The molecule has 0 atom stereocenters. The highest BCUT2D eigenvalue weighted by atomic mass is 127. The number of halogens is 4. The van der Waals surface area contributed by atoms with Gasteiger partial charge in [-0.1, -0.05) is 11.8 Å². The zero-order valence-corrected chi connectivity index (χ0v) is 8.31. The summed E-state index contributed by atoms with van der Waals surface area (Å²) >= 11 is 1.84. The lowest BCUT2D eigenvalue weighted by Crippen LogP contribution is -2.17. The van der Waals surface area contributed by atoms with Crippen LogP contribution in [0.1, 0.15) is 0 Å². The van der Waals surface area contributed by atoms with Crippen molar-refractivity contribution in [3.8, 4) is 5.75 Å². The number of rotatable bonds is 1. The molecule has 13 heavy (non-hydrogen) atoms. The van der Waals surface area contributed by atoms with Crippen LogP contribution in [0.15, 0.2) is 18.2 Å². The molecular formula is C7H4F3INO-. The number of hydrogen-bond donors (Lipinski definition) is 0. The Morgan fingerprint density at radius 3 is 2.46 bits per heavy atom. The molecular weight excluding hydrogens is 298 g/mol. The van der Waals surface area contributed by atoms with Crippen molar-refractivity contribution < 1.29 is 17.9 Å². The second-order valence-corrected chi connectivity index (χ2v) is 3.43. The number of benzene rings is 1. The predicted octanol–water partition coefficient (Wildman–Crippen LogP) is 3.87. The first-order valence-corrected chi connectivity index (χ1v) is 4.23. The van der Waals surface area contributed by atoms with Gasteiger partial charge in [0.15, 0.2) is 0 Å². The van der Waals surface area contributed by atoms with E-state index in [0.717, 1.165) is 6.07 Å². The van der Waals surface area contributed by atoms with Crippen molar-refractivity contribution in [3.63, 3.8) is 0 Å². The maximum Gasteiger partial charge on any atom is 0.573 e. The van der Waals surface area contributed by atoms with Gasteiger partial charge in [-0.05, 0) is 34.7 Å². The fourth-order valence-corrected chi connectivity index (χ4v) is 1.17. The van der Waals surface area contributed by atoms with Crippen LogP contribution in [0.5, 0.6) is 5.75 Å². The van der Waals surface area contributed by atoms with E-state index in [0.29, 0.717) is 3.57 Å². The lowest BCUT2D eigenvalue weighted by atomic mass is 10.3. The molecule has 0 aliphatic heterocycles. The lowest BCUT2D eigenvalue weighted by Gasteiger charge is -2.15. The Bertz CT molecular complexity index is 313. The molecule has 1 N–H and O–H groups in total.